The zero-order valence-corrected chi connectivity index (χ0v) is 10.1. The van der Waals surface area contributed by atoms with Crippen LogP contribution in [0.4, 0.5) is 0 Å². The van der Waals surface area contributed by atoms with Crippen LogP contribution in [0.2, 0.25) is 0 Å². The highest BCUT2D eigenvalue weighted by molar-refractivity contribution is 5.82. The first kappa shape index (κ1) is 11.2. The van der Waals surface area contributed by atoms with E-state index < -0.39 is 0 Å². The quantitative estimate of drug-likeness (QED) is 0.752. The van der Waals surface area contributed by atoms with Crippen LogP contribution in [0, 0.1) is 0 Å². The van der Waals surface area contributed by atoms with E-state index in [1.807, 2.05) is 18.3 Å². The lowest BCUT2D eigenvalue weighted by Gasteiger charge is -2.22. The number of piperidine rings is 1. The Labute approximate surface area is 105 Å². The maximum absolute atomic E-state index is 11.6. The Morgan fingerprint density at radius 1 is 1.50 bits per heavy atom. The number of rotatable bonds is 3. The van der Waals surface area contributed by atoms with E-state index in [2.05, 4.69) is 20.6 Å². The van der Waals surface area contributed by atoms with Crippen molar-refractivity contribution in [1.29, 1.82) is 0 Å². The van der Waals surface area contributed by atoms with E-state index in [0.717, 1.165) is 36.0 Å². The number of nitrogens with zero attached hydrogens (tertiary/aromatic N) is 1. The summed E-state index contributed by atoms with van der Waals surface area (Å²) in [5, 5.41) is 7.30. The maximum Gasteiger partial charge on any atom is 0.237 e. The first-order chi connectivity index (χ1) is 8.84. The number of hydrogen-bond donors (Lipinski definition) is 3. The molecular formula is C13H16N4O. The number of fused-ring (bicyclic) bond motifs is 1. The molecule has 1 atom stereocenters. The Bertz CT molecular complexity index is 563. The van der Waals surface area contributed by atoms with Gasteiger partial charge in [-0.05, 0) is 30.5 Å². The number of carbonyl (C=O) groups is 1. The molecule has 1 fully saturated rings. The molecule has 1 aliphatic heterocycles. The molecule has 3 rings (SSSR count). The molecule has 18 heavy (non-hydrogen) atoms. The Hall–Kier alpha value is -1.88. The Morgan fingerprint density at radius 2 is 2.44 bits per heavy atom. The van der Waals surface area contributed by atoms with Crippen molar-refractivity contribution in [2.75, 3.05) is 6.54 Å². The molecule has 0 bridgehead atoms. The van der Waals surface area contributed by atoms with Gasteiger partial charge in [-0.3, -0.25) is 4.79 Å². The van der Waals surface area contributed by atoms with Crippen LogP contribution in [-0.2, 0) is 11.3 Å². The molecule has 0 aromatic carbocycles. The summed E-state index contributed by atoms with van der Waals surface area (Å²) < 4.78 is 0. The molecule has 1 saturated heterocycles. The molecule has 94 valence electrons. The minimum absolute atomic E-state index is 0.0691. The highest BCUT2D eigenvalue weighted by Gasteiger charge is 2.21. The summed E-state index contributed by atoms with van der Waals surface area (Å²) in [5.74, 6) is 0.110. The van der Waals surface area contributed by atoms with Gasteiger partial charge in [0, 0.05) is 30.9 Å². The van der Waals surface area contributed by atoms with Gasteiger partial charge in [0.2, 0.25) is 5.91 Å². The van der Waals surface area contributed by atoms with E-state index in [1.165, 1.54) is 0 Å². The van der Waals surface area contributed by atoms with Crippen LogP contribution in [0.5, 0.6) is 0 Å². The smallest absolute Gasteiger partial charge is 0.237 e. The van der Waals surface area contributed by atoms with Crippen LogP contribution < -0.4 is 10.6 Å². The molecule has 5 nitrogen and oxygen atoms in total. The second-order valence-electron chi connectivity index (χ2n) is 4.58. The van der Waals surface area contributed by atoms with Gasteiger partial charge in [0.25, 0.3) is 0 Å². The van der Waals surface area contributed by atoms with Crippen molar-refractivity contribution in [2.45, 2.75) is 25.4 Å². The number of carbonyl (C=O) groups excluding carboxylic acids is 1. The second-order valence-corrected chi connectivity index (χ2v) is 4.58. The first-order valence-electron chi connectivity index (χ1n) is 6.26. The zero-order chi connectivity index (χ0) is 12.4. The van der Waals surface area contributed by atoms with Gasteiger partial charge < -0.3 is 15.6 Å². The minimum Gasteiger partial charge on any atom is -0.355 e. The van der Waals surface area contributed by atoms with Crippen LogP contribution in [-0.4, -0.2) is 28.5 Å². The number of nitrogens with one attached hydrogen (secondary N) is 3. The molecule has 1 amide bonds. The van der Waals surface area contributed by atoms with E-state index in [1.54, 1.807) is 6.20 Å². The van der Waals surface area contributed by atoms with Crippen LogP contribution >= 0.6 is 0 Å². The van der Waals surface area contributed by atoms with Gasteiger partial charge in [-0.25, -0.2) is 4.98 Å². The van der Waals surface area contributed by atoms with Crippen molar-refractivity contribution in [3.05, 3.63) is 30.1 Å². The number of hydrogen-bond acceptors (Lipinski definition) is 3. The third-order valence-corrected chi connectivity index (χ3v) is 3.36. The van der Waals surface area contributed by atoms with Crippen molar-refractivity contribution < 1.29 is 4.79 Å². The normalized spacial score (nSPS) is 20.0. The Balaban J connectivity index is 1.71. The van der Waals surface area contributed by atoms with Crippen molar-refractivity contribution in [1.82, 2.24) is 20.6 Å². The van der Waals surface area contributed by atoms with Gasteiger partial charge >= 0.3 is 0 Å². The first-order valence-corrected chi connectivity index (χ1v) is 6.26. The van der Waals surface area contributed by atoms with E-state index in [4.69, 9.17) is 0 Å². The molecule has 2 aromatic rings. The monoisotopic (exact) mass is 244 g/mol. The predicted molar refractivity (Wildman–Crippen MR) is 69.0 cm³/mol. The molecule has 0 spiro atoms. The van der Waals surface area contributed by atoms with Crippen LogP contribution in [0.3, 0.4) is 0 Å². The summed E-state index contributed by atoms with van der Waals surface area (Å²) >= 11 is 0. The summed E-state index contributed by atoms with van der Waals surface area (Å²) in [6.45, 7) is 1.48. The Kier molecular flexibility index (Phi) is 2.98. The number of pyridine rings is 1. The summed E-state index contributed by atoms with van der Waals surface area (Å²) in [7, 11) is 0. The van der Waals surface area contributed by atoms with E-state index >= 15 is 0 Å². The molecule has 0 radical (unpaired) electrons. The average Bonchev–Trinajstić information content (AvgIpc) is 2.81. The predicted octanol–water partition coefficient (Wildman–Crippen LogP) is 0.931. The van der Waals surface area contributed by atoms with Crippen molar-refractivity contribution >= 4 is 16.9 Å². The lowest BCUT2D eigenvalue weighted by Crippen LogP contribution is -2.47. The highest BCUT2D eigenvalue weighted by atomic mass is 16.2. The molecule has 3 N–H and O–H groups in total. The summed E-state index contributed by atoms with van der Waals surface area (Å²) in [6.07, 6.45) is 5.67. The fourth-order valence-electron chi connectivity index (χ4n) is 2.36. The van der Waals surface area contributed by atoms with Gasteiger partial charge in [0.05, 0.1) is 6.04 Å². The summed E-state index contributed by atoms with van der Waals surface area (Å²) in [6, 6.07) is 3.89. The van der Waals surface area contributed by atoms with E-state index in [0.29, 0.717) is 6.54 Å². The van der Waals surface area contributed by atoms with E-state index in [9.17, 15) is 4.79 Å². The number of aromatic nitrogens is 2. The fourth-order valence-corrected chi connectivity index (χ4v) is 2.36. The average molecular weight is 244 g/mol. The molecule has 3 heterocycles. The topological polar surface area (TPSA) is 69.8 Å². The fraction of sp³-hybridized carbons (Fsp3) is 0.385. The third kappa shape index (κ3) is 2.09. The van der Waals surface area contributed by atoms with Crippen LogP contribution in [0.25, 0.3) is 11.0 Å². The SMILES string of the molecule is O=C1NCCCC1NCc1c[nH]c2ncccc12. The van der Waals surface area contributed by atoms with Crippen LogP contribution in [0.15, 0.2) is 24.5 Å². The standard InChI is InChI=1S/C13H16N4O/c18-13-11(4-2-6-15-13)16-7-9-8-17-12-10(9)3-1-5-14-12/h1,3,5,8,11,16H,2,4,6-7H2,(H,14,17)(H,15,18). The van der Waals surface area contributed by atoms with Crippen LogP contribution in [0.1, 0.15) is 18.4 Å². The van der Waals surface area contributed by atoms with Crippen molar-refractivity contribution in [2.24, 2.45) is 0 Å². The molecule has 1 unspecified atom stereocenters. The van der Waals surface area contributed by atoms with Gasteiger partial charge in [-0.15, -0.1) is 0 Å². The summed E-state index contributed by atoms with van der Waals surface area (Å²) in [5.41, 5.74) is 2.04. The number of H-pyrrole nitrogens is 1. The molecule has 5 heteroatoms. The minimum atomic E-state index is -0.0691. The summed E-state index contributed by atoms with van der Waals surface area (Å²) in [4.78, 5) is 19.0. The number of aromatic amines is 1. The van der Waals surface area contributed by atoms with Gasteiger partial charge in [0.15, 0.2) is 0 Å². The zero-order valence-electron chi connectivity index (χ0n) is 10.1. The molecule has 1 aliphatic rings. The van der Waals surface area contributed by atoms with Gasteiger partial charge in [-0.1, -0.05) is 0 Å². The Morgan fingerprint density at radius 3 is 3.33 bits per heavy atom. The maximum atomic E-state index is 11.6. The largest absolute Gasteiger partial charge is 0.355 e. The highest BCUT2D eigenvalue weighted by Crippen LogP contribution is 2.15. The lowest BCUT2D eigenvalue weighted by atomic mass is 10.1. The molecular weight excluding hydrogens is 228 g/mol. The van der Waals surface area contributed by atoms with Crippen molar-refractivity contribution in [3.8, 4) is 0 Å². The molecule has 0 aliphatic carbocycles. The van der Waals surface area contributed by atoms with Crippen molar-refractivity contribution in [3.63, 3.8) is 0 Å². The van der Waals surface area contributed by atoms with Gasteiger partial charge in [0.1, 0.15) is 5.65 Å². The lowest BCUT2D eigenvalue weighted by molar-refractivity contribution is -0.124. The van der Waals surface area contributed by atoms with Gasteiger partial charge in [-0.2, -0.15) is 0 Å². The third-order valence-electron chi connectivity index (χ3n) is 3.36. The molecule has 2 aromatic heterocycles. The number of amides is 1. The van der Waals surface area contributed by atoms with E-state index in [-0.39, 0.29) is 11.9 Å². The molecule has 0 saturated carbocycles. The second kappa shape index (κ2) is 4.78.